The van der Waals surface area contributed by atoms with E-state index < -0.39 is 5.82 Å². The molecule has 3 aromatic rings. The highest BCUT2D eigenvalue weighted by molar-refractivity contribution is 7.99. The lowest BCUT2D eigenvalue weighted by Crippen LogP contribution is -2.28. The molecule has 0 unspecified atom stereocenters. The second kappa shape index (κ2) is 11.2. The van der Waals surface area contributed by atoms with Gasteiger partial charge in [-0.05, 0) is 48.4 Å². The van der Waals surface area contributed by atoms with Crippen LogP contribution in [-0.2, 0) is 11.3 Å². The summed E-state index contributed by atoms with van der Waals surface area (Å²) in [4.78, 5) is 42.7. The highest BCUT2D eigenvalue weighted by Crippen LogP contribution is 2.20. The predicted molar refractivity (Wildman–Crippen MR) is 127 cm³/mol. The Labute approximate surface area is 195 Å². The Morgan fingerprint density at radius 1 is 1.15 bits per heavy atom. The fourth-order valence-corrected chi connectivity index (χ4v) is 4.00. The number of rotatable bonds is 10. The van der Waals surface area contributed by atoms with Crippen molar-refractivity contribution in [1.82, 2.24) is 14.9 Å². The Morgan fingerprint density at radius 2 is 1.85 bits per heavy atom. The van der Waals surface area contributed by atoms with E-state index in [0.717, 1.165) is 11.8 Å². The molecule has 1 heterocycles. The zero-order chi connectivity index (χ0) is 24.0. The van der Waals surface area contributed by atoms with Gasteiger partial charge in [-0.1, -0.05) is 25.6 Å². The number of aromatic nitrogens is 2. The SMILES string of the molecule is COCCn1c(SCC(=O)c2ccc(F)cc2)nc2cc(C(=O)NCC(C)C)ccc2c1=O. The number of nitrogens with one attached hydrogen (secondary N) is 1. The zero-order valence-corrected chi connectivity index (χ0v) is 19.6. The van der Waals surface area contributed by atoms with Gasteiger partial charge in [-0.15, -0.1) is 0 Å². The van der Waals surface area contributed by atoms with E-state index in [2.05, 4.69) is 10.3 Å². The maximum atomic E-state index is 13.1. The van der Waals surface area contributed by atoms with Gasteiger partial charge in [0.2, 0.25) is 0 Å². The number of carbonyl (C=O) groups is 2. The third-order valence-corrected chi connectivity index (χ3v) is 5.85. The van der Waals surface area contributed by atoms with Crippen molar-refractivity contribution in [3.8, 4) is 0 Å². The van der Waals surface area contributed by atoms with Crippen LogP contribution in [0, 0.1) is 11.7 Å². The van der Waals surface area contributed by atoms with E-state index in [1.165, 1.54) is 35.9 Å². The maximum absolute atomic E-state index is 13.1. The molecule has 1 aromatic heterocycles. The lowest BCUT2D eigenvalue weighted by Gasteiger charge is -2.13. The van der Waals surface area contributed by atoms with Crippen LogP contribution in [0.5, 0.6) is 0 Å². The third kappa shape index (κ3) is 6.27. The number of ether oxygens (including phenoxy) is 1. The van der Waals surface area contributed by atoms with Crippen molar-refractivity contribution < 1.29 is 18.7 Å². The van der Waals surface area contributed by atoms with Crippen LogP contribution in [0.25, 0.3) is 10.9 Å². The first kappa shape index (κ1) is 24.6. The third-order valence-electron chi connectivity index (χ3n) is 4.87. The molecule has 1 N–H and O–H groups in total. The quantitative estimate of drug-likeness (QED) is 0.276. The number of amides is 1. The summed E-state index contributed by atoms with van der Waals surface area (Å²) in [7, 11) is 1.53. The summed E-state index contributed by atoms with van der Waals surface area (Å²) in [6.07, 6.45) is 0. The maximum Gasteiger partial charge on any atom is 0.262 e. The Morgan fingerprint density at radius 3 is 2.52 bits per heavy atom. The van der Waals surface area contributed by atoms with Crippen molar-refractivity contribution in [1.29, 1.82) is 0 Å². The number of carbonyl (C=O) groups excluding carboxylic acids is 2. The molecule has 0 spiro atoms. The Balaban J connectivity index is 1.92. The predicted octanol–water partition coefficient (Wildman–Crippen LogP) is 3.54. The molecule has 0 saturated carbocycles. The molecule has 3 rings (SSSR count). The molecule has 0 bridgehead atoms. The second-order valence-corrected chi connectivity index (χ2v) is 8.84. The number of hydrogen-bond donors (Lipinski definition) is 1. The summed E-state index contributed by atoms with van der Waals surface area (Å²) in [5.74, 6) is -0.546. The van der Waals surface area contributed by atoms with Gasteiger partial charge < -0.3 is 10.1 Å². The highest BCUT2D eigenvalue weighted by Gasteiger charge is 2.16. The molecule has 0 aliphatic carbocycles. The molecule has 0 fully saturated rings. The fraction of sp³-hybridized carbons (Fsp3) is 0.333. The first-order chi connectivity index (χ1) is 15.8. The van der Waals surface area contributed by atoms with E-state index in [4.69, 9.17) is 4.74 Å². The van der Waals surface area contributed by atoms with Gasteiger partial charge in [-0.3, -0.25) is 19.0 Å². The van der Waals surface area contributed by atoms with Crippen LogP contribution < -0.4 is 10.9 Å². The number of hydrogen-bond acceptors (Lipinski definition) is 6. The zero-order valence-electron chi connectivity index (χ0n) is 18.8. The molecule has 0 saturated heterocycles. The number of thioether (sulfide) groups is 1. The van der Waals surface area contributed by atoms with Gasteiger partial charge in [0, 0.05) is 24.8 Å². The van der Waals surface area contributed by atoms with Crippen molar-refractivity contribution in [2.45, 2.75) is 25.5 Å². The van der Waals surface area contributed by atoms with Gasteiger partial charge >= 0.3 is 0 Å². The smallest absolute Gasteiger partial charge is 0.262 e. The molecule has 0 atom stereocenters. The second-order valence-electron chi connectivity index (χ2n) is 7.90. The molecule has 2 aromatic carbocycles. The first-order valence-corrected chi connectivity index (χ1v) is 11.5. The van der Waals surface area contributed by atoms with E-state index in [0.29, 0.717) is 46.3 Å². The van der Waals surface area contributed by atoms with Crippen LogP contribution in [0.3, 0.4) is 0 Å². The summed E-state index contributed by atoms with van der Waals surface area (Å²) < 4.78 is 19.7. The molecular formula is C24H26FN3O4S. The summed E-state index contributed by atoms with van der Waals surface area (Å²) in [5.41, 5.74) is 0.883. The van der Waals surface area contributed by atoms with Crippen molar-refractivity contribution in [2.24, 2.45) is 5.92 Å². The average molecular weight is 472 g/mol. The van der Waals surface area contributed by atoms with Crippen LogP contribution in [-0.4, -0.2) is 47.3 Å². The summed E-state index contributed by atoms with van der Waals surface area (Å²) in [6.45, 7) is 5.10. The number of methoxy groups -OCH3 is 1. The van der Waals surface area contributed by atoms with Crippen LogP contribution in [0.4, 0.5) is 4.39 Å². The summed E-state index contributed by atoms with van der Waals surface area (Å²) in [5, 5.41) is 3.57. The van der Waals surface area contributed by atoms with E-state index in [-0.39, 0.29) is 29.5 Å². The van der Waals surface area contributed by atoms with Crippen LogP contribution in [0.1, 0.15) is 34.6 Å². The highest BCUT2D eigenvalue weighted by atomic mass is 32.2. The van der Waals surface area contributed by atoms with Gasteiger partial charge in [0.1, 0.15) is 5.82 Å². The fourth-order valence-electron chi connectivity index (χ4n) is 3.08. The van der Waals surface area contributed by atoms with Crippen molar-refractivity contribution >= 4 is 34.4 Å². The van der Waals surface area contributed by atoms with Crippen LogP contribution in [0.15, 0.2) is 52.4 Å². The lowest BCUT2D eigenvalue weighted by molar-refractivity contribution is 0.0948. The molecule has 1 amide bonds. The number of benzene rings is 2. The van der Waals surface area contributed by atoms with E-state index >= 15 is 0 Å². The molecule has 0 aliphatic rings. The monoisotopic (exact) mass is 471 g/mol. The van der Waals surface area contributed by atoms with Crippen LogP contribution in [0.2, 0.25) is 0 Å². The minimum atomic E-state index is -0.419. The minimum absolute atomic E-state index is 0.0190. The Kier molecular flexibility index (Phi) is 8.35. The van der Waals surface area contributed by atoms with E-state index in [9.17, 15) is 18.8 Å². The summed E-state index contributed by atoms with van der Waals surface area (Å²) >= 11 is 1.11. The van der Waals surface area contributed by atoms with Gasteiger partial charge in [0.05, 0.1) is 29.8 Å². The molecule has 174 valence electrons. The minimum Gasteiger partial charge on any atom is -0.383 e. The average Bonchev–Trinajstić information content (AvgIpc) is 2.80. The number of nitrogens with zero attached hydrogens (tertiary/aromatic N) is 2. The van der Waals surface area contributed by atoms with Gasteiger partial charge in [0.25, 0.3) is 11.5 Å². The van der Waals surface area contributed by atoms with Crippen molar-refractivity contribution in [3.63, 3.8) is 0 Å². The van der Waals surface area contributed by atoms with Crippen molar-refractivity contribution in [2.75, 3.05) is 26.0 Å². The number of fused-ring (bicyclic) bond motifs is 1. The molecule has 0 aliphatic heterocycles. The number of Topliss-reactive ketones (excluding diaryl/α,β-unsaturated/α-hetero) is 1. The molecule has 0 radical (unpaired) electrons. The van der Waals surface area contributed by atoms with Crippen molar-refractivity contribution in [3.05, 3.63) is 69.8 Å². The standard InChI is InChI=1S/C24H26FN3O4S/c1-15(2)13-26-22(30)17-6-9-19-20(12-17)27-24(28(23(19)31)10-11-32-3)33-14-21(29)16-4-7-18(25)8-5-16/h4-9,12,15H,10-11,13-14H2,1-3H3,(H,26,30). The normalized spacial score (nSPS) is 11.2. The van der Waals surface area contributed by atoms with Crippen LogP contribution >= 0.6 is 11.8 Å². The Bertz CT molecular complexity index is 1210. The van der Waals surface area contributed by atoms with E-state index in [1.54, 1.807) is 18.2 Å². The largest absolute Gasteiger partial charge is 0.383 e. The molecule has 33 heavy (non-hydrogen) atoms. The molecule has 7 nitrogen and oxygen atoms in total. The van der Waals surface area contributed by atoms with Gasteiger partial charge in [-0.25, -0.2) is 9.37 Å². The lowest BCUT2D eigenvalue weighted by atomic mass is 10.1. The van der Waals surface area contributed by atoms with Gasteiger partial charge in [0.15, 0.2) is 10.9 Å². The number of ketones is 1. The van der Waals surface area contributed by atoms with E-state index in [1.807, 2.05) is 13.8 Å². The van der Waals surface area contributed by atoms with Gasteiger partial charge in [-0.2, -0.15) is 0 Å². The summed E-state index contributed by atoms with van der Waals surface area (Å²) in [6, 6.07) is 10.1. The molecule has 9 heteroatoms. The number of halogens is 1. The molecular weight excluding hydrogens is 445 g/mol. The first-order valence-electron chi connectivity index (χ1n) is 10.5. The topological polar surface area (TPSA) is 90.3 Å². The Hall–Kier alpha value is -3.04.